The minimum absolute atomic E-state index is 0.0315. The van der Waals surface area contributed by atoms with Crippen LogP contribution in [-0.2, 0) is 23.4 Å². The highest BCUT2D eigenvalue weighted by Crippen LogP contribution is 2.59. The van der Waals surface area contributed by atoms with E-state index in [9.17, 15) is 13.0 Å². The molecule has 5 nitrogen and oxygen atoms in total. The second kappa shape index (κ2) is 9.81. The number of hydrogen-bond donors (Lipinski definition) is 0. The van der Waals surface area contributed by atoms with Crippen molar-refractivity contribution >= 4 is 23.5 Å². The second-order valence-corrected chi connectivity index (χ2v) is 9.64. The largest absolute Gasteiger partial charge is 0.373 e. The zero-order valence-electron chi connectivity index (χ0n) is 15.3. The van der Waals surface area contributed by atoms with E-state index in [0.717, 1.165) is 5.56 Å². The second-order valence-electron chi connectivity index (χ2n) is 5.42. The van der Waals surface area contributed by atoms with Crippen LogP contribution in [0, 0.1) is 0 Å². The summed E-state index contributed by atoms with van der Waals surface area (Å²) in [5.41, 5.74) is 0.882. The molecule has 2 rings (SSSR count). The summed E-state index contributed by atoms with van der Waals surface area (Å²) in [6.45, 7) is 3.39. The Morgan fingerprint density at radius 2 is 1.44 bits per heavy atom. The fraction of sp³-hybridized carbons (Fsp3) is 0.200. The Morgan fingerprint density at radius 3 is 1.96 bits per heavy atom. The predicted octanol–water partition coefficient (Wildman–Crippen LogP) is 5.28. The first kappa shape index (κ1) is 21.3. The summed E-state index contributed by atoms with van der Waals surface area (Å²) in [6.07, 6.45) is 4.56. The lowest BCUT2D eigenvalue weighted by molar-refractivity contribution is 0.228. The van der Waals surface area contributed by atoms with Crippen LogP contribution in [0.4, 0.5) is 0 Å². The van der Waals surface area contributed by atoms with Crippen molar-refractivity contribution < 1.29 is 22.0 Å². The minimum Gasteiger partial charge on any atom is -0.305 e. The fourth-order valence-electron chi connectivity index (χ4n) is 2.36. The van der Waals surface area contributed by atoms with E-state index in [4.69, 9.17) is 9.05 Å². The van der Waals surface area contributed by atoms with Crippen LogP contribution in [0.15, 0.2) is 82.4 Å². The Morgan fingerprint density at radius 1 is 0.926 bits per heavy atom. The number of rotatable bonds is 9. The van der Waals surface area contributed by atoms with E-state index in [1.54, 1.807) is 38.1 Å². The molecule has 0 saturated heterocycles. The lowest BCUT2D eigenvalue weighted by Crippen LogP contribution is -2.09. The Labute approximate surface area is 160 Å². The van der Waals surface area contributed by atoms with Gasteiger partial charge in [0.1, 0.15) is 0 Å². The predicted molar refractivity (Wildman–Crippen MR) is 108 cm³/mol. The van der Waals surface area contributed by atoms with Gasteiger partial charge in [-0.05, 0) is 37.6 Å². The van der Waals surface area contributed by atoms with Gasteiger partial charge in [-0.2, -0.15) is 0 Å². The Bertz CT molecular complexity index is 925. The van der Waals surface area contributed by atoms with Crippen molar-refractivity contribution in [1.29, 1.82) is 0 Å². The van der Waals surface area contributed by atoms with Gasteiger partial charge in [-0.15, -0.1) is 0 Å². The van der Waals surface area contributed by atoms with E-state index < -0.39 is 17.4 Å². The van der Waals surface area contributed by atoms with Crippen LogP contribution >= 0.6 is 7.60 Å². The Hall–Kier alpha value is -1.98. The van der Waals surface area contributed by atoms with Crippen LogP contribution in [0.5, 0.6) is 0 Å². The third-order valence-electron chi connectivity index (χ3n) is 3.52. The highest BCUT2D eigenvalue weighted by molar-refractivity contribution is 8.03. The third kappa shape index (κ3) is 5.50. The molecule has 0 spiro atoms. The van der Waals surface area contributed by atoms with Gasteiger partial charge >= 0.3 is 7.60 Å². The molecule has 0 aliphatic heterocycles. The van der Waals surface area contributed by atoms with Crippen LogP contribution in [0.3, 0.4) is 0 Å². The van der Waals surface area contributed by atoms with Gasteiger partial charge in [-0.3, -0.25) is 4.57 Å². The van der Waals surface area contributed by atoms with Gasteiger partial charge in [-0.1, -0.05) is 60.7 Å². The van der Waals surface area contributed by atoms with E-state index in [2.05, 4.69) is 0 Å². The van der Waals surface area contributed by atoms with Gasteiger partial charge in [-0.25, -0.2) is 8.42 Å². The molecule has 0 bridgehead atoms. The van der Waals surface area contributed by atoms with Crippen LogP contribution < -0.4 is 0 Å². The van der Waals surface area contributed by atoms with Gasteiger partial charge in [0.15, 0.2) is 4.65 Å². The summed E-state index contributed by atoms with van der Waals surface area (Å²) >= 11 is 0. The molecule has 0 aliphatic carbocycles. The van der Waals surface area contributed by atoms with Crippen LogP contribution in [0.2, 0.25) is 0 Å². The molecule has 27 heavy (non-hydrogen) atoms. The van der Waals surface area contributed by atoms with Crippen molar-refractivity contribution in [1.82, 2.24) is 0 Å². The first-order chi connectivity index (χ1) is 12.9. The molecule has 0 saturated carbocycles. The minimum atomic E-state index is -4.06. The smallest absolute Gasteiger partial charge is 0.305 e. The average molecular weight is 406 g/mol. The van der Waals surface area contributed by atoms with Gasteiger partial charge in [0, 0.05) is 0 Å². The number of benzene rings is 2. The van der Waals surface area contributed by atoms with E-state index in [1.807, 2.05) is 30.3 Å². The highest BCUT2D eigenvalue weighted by atomic mass is 32.2. The molecule has 2 aromatic carbocycles. The summed E-state index contributed by atoms with van der Waals surface area (Å²) in [6, 6.07) is 17.2. The van der Waals surface area contributed by atoms with Crippen molar-refractivity contribution in [2.45, 2.75) is 18.7 Å². The Balaban J connectivity index is 2.56. The molecular weight excluding hydrogens is 383 g/mol. The van der Waals surface area contributed by atoms with Crippen LogP contribution in [-0.4, -0.2) is 21.6 Å². The van der Waals surface area contributed by atoms with Crippen molar-refractivity contribution in [3.63, 3.8) is 0 Å². The molecular formula is C20H23O5PS. The van der Waals surface area contributed by atoms with E-state index in [-0.39, 0.29) is 22.8 Å². The standard InChI is InChI=1S/C20H23O5PS/c1-3-24-26(21,25-4-2)20(17-11-14-18-12-7-5-8-13-18)27(22,23)19-15-9-6-10-16-19/h5-17H,3-4H2,1-2H3/b14-11+,20-17-. The molecule has 2 aromatic rings. The summed E-state index contributed by atoms with van der Waals surface area (Å²) < 4.78 is 49.7. The summed E-state index contributed by atoms with van der Waals surface area (Å²) in [5, 5.41) is 0. The van der Waals surface area contributed by atoms with Crippen molar-refractivity contribution in [2.75, 3.05) is 13.2 Å². The molecule has 0 atom stereocenters. The molecule has 0 aliphatic rings. The molecule has 0 heterocycles. The zero-order chi connectivity index (χ0) is 19.8. The SMILES string of the molecule is CCOP(=O)(OCC)/C(=C/C=C/c1ccccc1)S(=O)(=O)c1ccccc1. The maximum absolute atomic E-state index is 13.2. The summed E-state index contributed by atoms with van der Waals surface area (Å²) in [5.74, 6) is 0. The first-order valence-corrected chi connectivity index (χ1v) is 11.6. The highest BCUT2D eigenvalue weighted by Gasteiger charge is 2.39. The fourth-order valence-corrected chi connectivity index (χ4v) is 6.46. The van der Waals surface area contributed by atoms with Gasteiger partial charge in [0.25, 0.3) is 0 Å². The van der Waals surface area contributed by atoms with Crippen LogP contribution in [0.1, 0.15) is 19.4 Å². The van der Waals surface area contributed by atoms with Crippen molar-refractivity contribution in [2.24, 2.45) is 0 Å². The first-order valence-electron chi connectivity index (χ1n) is 8.57. The maximum atomic E-state index is 13.2. The average Bonchev–Trinajstić information content (AvgIpc) is 2.67. The lowest BCUT2D eigenvalue weighted by atomic mass is 10.2. The van der Waals surface area contributed by atoms with Crippen molar-refractivity contribution in [3.05, 3.63) is 83.0 Å². The van der Waals surface area contributed by atoms with Gasteiger partial charge in [0.05, 0.1) is 18.1 Å². The van der Waals surface area contributed by atoms with Crippen molar-refractivity contribution in [3.8, 4) is 0 Å². The normalized spacial score (nSPS) is 13.2. The molecule has 7 heteroatoms. The molecule has 0 aromatic heterocycles. The zero-order valence-corrected chi connectivity index (χ0v) is 17.0. The summed E-state index contributed by atoms with van der Waals surface area (Å²) in [7, 11) is -8.08. The van der Waals surface area contributed by atoms with E-state index in [0.29, 0.717) is 0 Å². The topological polar surface area (TPSA) is 69.7 Å². The quantitative estimate of drug-likeness (QED) is 0.418. The molecule has 0 amide bonds. The number of sulfone groups is 1. The van der Waals surface area contributed by atoms with E-state index in [1.165, 1.54) is 24.3 Å². The maximum Gasteiger partial charge on any atom is 0.373 e. The molecule has 0 radical (unpaired) electrons. The molecule has 0 fully saturated rings. The Kier molecular flexibility index (Phi) is 7.75. The van der Waals surface area contributed by atoms with E-state index >= 15 is 0 Å². The monoisotopic (exact) mass is 406 g/mol. The molecule has 0 N–H and O–H groups in total. The lowest BCUT2D eigenvalue weighted by Gasteiger charge is -2.19. The molecule has 0 unspecified atom stereocenters. The number of hydrogen-bond acceptors (Lipinski definition) is 5. The van der Waals surface area contributed by atoms with Gasteiger partial charge in [0.2, 0.25) is 9.84 Å². The third-order valence-corrected chi connectivity index (χ3v) is 8.38. The van der Waals surface area contributed by atoms with Gasteiger partial charge < -0.3 is 9.05 Å². The summed E-state index contributed by atoms with van der Waals surface area (Å²) in [4.78, 5) is 0.0315. The molecule has 144 valence electrons. The van der Waals surface area contributed by atoms with Crippen LogP contribution in [0.25, 0.3) is 6.08 Å². The number of allylic oxidation sites excluding steroid dienone is 2.